The Balaban J connectivity index is 2.82. The van der Waals surface area contributed by atoms with Crippen LogP contribution in [0.2, 0.25) is 0 Å². The lowest BCUT2D eigenvalue weighted by Gasteiger charge is -2.36. The van der Waals surface area contributed by atoms with Crippen molar-refractivity contribution in [2.24, 2.45) is 5.41 Å². The third-order valence-electron chi connectivity index (χ3n) is 5.89. The first-order chi connectivity index (χ1) is 12.9. The average molecular weight is 365 g/mol. The van der Waals surface area contributed by atoms with Gasteiger partial charge >= 0.3 is 0 Å². The summed E-state index contributed by atoms with van der Waals surface area (Å²) in [6.07, 6.45) is 12.2. The lowest BCUT2D eigenvalue weighted by molar-refractivity contribution is 0.281. The fourth-order valence-corrected chi connectivity index (χ4v) is 4.13. The van der Waals surface area contributed by atoms with Crippen molar-refractivity contribution in [1.29, 1.82) is 0 Å². The van der Waals surface area contributed by atoms with E-state index in [1.54, 1.807) is 0 Å². The van der Waals surface area contributed by atoms with E-state index in [-0.39, 0.29) is 5.41 Å². The zero-order valence-electron chi connectivity index (χ0n) is 18.1. The van der Waals surface area contributed by atoms with Gasteiger partial charge in [0, 0.05) is 0 Å². The van der Waals surface area contributed by atoms with Crippen LogP contribution < -0.4 is 0 Å². The third-order valence-corrected chi connectivity index (χ3v) is 5.89. The quantitative estimate of drug-likeness (QED) is 0.229. The van der Waals surface area contributed by atoms with Crippen LogP contribution in [-0.2, 0) is 6.42 Å². The minimum Gasteiger partial charge on any atom is -0.0999 e. The molecule has 148 valence electrons. The van der Waals surface area contributed by atoms with Gasteiger partial charge in [-0.1, -0.05) is 95.8 Å². The molecule has 1 rings (SSSR count). The second kappa shape index (κ2) is 11.8. The van der Waals surface area contributed by atoms with Crippen molar-refractivity contribution in [3.8, 4) is 0 Å². The minimum atomic E-state index is 0.180. The fourth-order valence-electron chi connectivity index (χ4n) is 4.13. The smallest absolute Gasteiger partial charge is 0.00289 e. The Kier molecular flexibility index (Phi) is 10.1. The van der Waals surface area contributed by atoms with Crippen LogP contribution in [0.3, 0.4) is 0 Å². The van der Waals surface area contributed by atoms with Gasteiger partial charge in [0.1, 0.15) is 0 Å². The highest BCUT2D eigenvalue weighted by atomic mass is 14.4. The first-order valence-corrected chi connectivity index (χ1v) is 10.7. The highest BCUT2D eigenvalue weighted by molar-refractivity contribution is 5.48. The lowest BCUT2D eigenvalue weighted by atomic mass is 9.68. The van der Waals surface area contributed by atoms with Crippen LogP contribution in [0.4, 0.5) is 0 Å². The van der Waals surface area contributed by atoms with Crippen molar-refractivity contribution in [2.75, 3.05) is 0 Å². The predicted molar refractivity (Wildman–Crippen MR) is 124 cm³/mol. The van der Waals surface area contributed by atoms with E-state index in [0.717, 1.165) is 31.2 Å². The molecule has 0 spiro atoms. The van der Waals surface area contributed by atoms with Crippen molar-refractivity contribution < 1.29 is 0 Å². The number of hydrogen-bond acceptors (Lipinski definition) is 0. The van der Waals surface area contributed by atoms with Gasteiger partial charge in [-0.3, -0.25) is 0 Å². The summed E-state index contributed by atoms with van der Waals surface area (Å²) >= 11 is 0. The number of rotatable bonds is 14. The molecule has 0 radical (unpaired) electrons. The SMILES string of the molecule is C=Cc1ccc(CC(=C)C(=C)C(CC)(CCC)CCCC(=C)CCC)cc1. The molecule has 1 aromatic rings. The van der Waals surface area contributed by atoms with E-state index in [2.05, 4.69) is 71.4 Å². The summed E-state index contributed by atoms with van der Waals surface area (Å²) in [5, 5.41) is 0. The molecule has 1 atom stereocenters. The third kappa shape index (κ3) is 7.01. The van der Waals surface area contributed by atoms with Crippen molar-refractivity contribution >= 4 is 6.08 Å². The van der Waals surface area contributed by atoms with Gasteiger partial charge in [-0.15, -0.1) is 0 Å². The molecule has 27 heavy (non-hydrogen) atoms. The van der Waals surface area contributed by atoms with Crippen LogP contribution in [0.1, 0.15) is 83.3 Å². The molecule has 0 nitrogen and oxygen atoms in total. The van der Waals surface area contributed by atoms with E-state index in [1.165, 1.54) is 54.4 Å². The zero-order chi connectivity index (χ0) is 20.3. The van der Waals surface area contributed by atoms with Crippen molar-refractivity contribution in [3.05, 3.63) is 78.4 Å². The second-order valence-electron chi connectivity index (χ2n) is 7.94. The number of allylic oxidation sites excluding steroid dienone is 3. The second-order valence-corrected chi connectivity index (χ2v) is 7.94. The molecule has 0 saturated carbocycles. The largest absolute Gasteiger partial charge is 0.0999 e. The van der Waals surface area contributed by atoms with Crippen molar-refractivity contribution in [3.63, 3.8) is 0 Å². The highest BCUT2D eigenvalue weighted by Crippen LogP contribution is 2.44. The molecule has 1 unspecified atom stereocenters. The van der Waals surface area contributed by atoms with E-state index in [4.69, 9.17) is 0 Å². The normalized spacial score (nSPS) is 13.0. The van der Waals surface area contributed by atoms with Gasteiger partial charge in [-0.05, 0) is 72.6 Å². The summed E-state index contributed by atoms with van der Waals surface area (Å²) in [6.45, 7) is 23.9. The standard InChI is InChI=1S/C27H40/c1-8-13-22(5)14-12-20-27(11-4,19-9-2)24(7)23(6)21-26-17-15-25(10-3)16-18-26/h10,15-18H,3,5-9,11-14,19-21H2,1-2,4H3. The van der Waals surface area contributed by atoms with E-state index in [1.807, 2.05) is 6.08 Å². The van der Waals surface area contributed by atoms with Gasteiger partial charge in [0.15, 0.2) is 0 Å². The van der Waals surface area contributed by atoms with Crippen LogP contribution in [0.15, 0.2) is 67.3 Å². The number of benzene rings is 1. The van der Waals surface area contributed by atoms with Gasteiger partial charge in [-0.2, -0.15) is 0 Å². The van der Waals surface area contributed by atoms with Crippen molar-refractivity contribution in [2.45, 2.75) is 78.6 Å². The van der Waals surface area contributed by atoms with E-state index in [0.29, 0.717) is 0 Å². The molecule has 0 aliphatic rings. The summed E-state index contributed by atoms with van der Waals surface area (Å²) in [7, 11) is 0. The lowest BCUT2D eigenvalue weighted by Crippen LogP contribution is -2.24. The zero-order valence-corrected chi connectivity index (χ0v) is 18.1. The Bertz CT molecular complexity index is 629. The molecule has 0 aromatic heterocycles. The van der Waals surface area contributed by atoms with Gasteiger partial charge < -0.3 is 0 Å². The van der Waals surface area contributed by atoms with Crippen LogP contribution in [0.5, 0.6) is 0 Å². The first-order valence-electron chi connectivity index (χ1n) is 10.7. The summed E-state index contributed by atoms with van der Waals surface area (Å²) in [4.78, 5) is 0. The average Bonchev–Trinajstić information content (AvgIpc) is 2.67. The van der Waals surface area contributed by atoms with E-state index in [9.17, 15) is 0 Å². The summed E-state index contributed by atoms with van der Waals surface area (Å²) in [5.74, 6) is 0. The van der Waals surface area contributed by atoms with E-state index < -0.39 is 0 Å². The van der Waals surface area contributed by atoms with Gasteiger partial charge in [0.05, 0.1) is 0 Å². The maximum absolute atomic E-state index is 4.54. The van der Waals surface area contributed by atoms with Crippen LogP contribution in [-0.4, -0.2) is 0 Å². The molecule has 0 saturated heterocycles. The molecule has 1 aromatic carbocycles. The fraction of sp³-hybridized carbons (Fsp3) is 0.481. The monoisotopic (exact) mass is 364 g/mol. The molecule has 0 fully saturated rings. The van der Waals surface area contributed by atoms with E-state index >= 15 is 0 Å². The topological polar surface area (TPSA) is 0 Å². The summed E-state index contributed by atoms with van der Waals surface area (Å²) < 4.78 is 0. The summed E-state index contributed by atoms with van der Waals surface area (Å²) in [5.41, 5.74) is 6.48. The van der Waals surface area contributed by atoms with Crippen LogP contribution in [0, 0.1) is 5.41 Å². The predicted octanol–water partition coefficient (Wildman–Crippen LogP) is 8.71. The molecule has 0 aliphatic carbocycles. The number of hydrogen-bond donors (Lipinski definition) is 0. The van der Waals surface area contributed by atoms with Crippen LogP contribution in [0.25, 0.3) is 6.08 Å². The van der Waals surface area contributed by atoms with Crippen molar-refractivity contribution in [1.82, 2.24) is 0 Å². The van der Waals surface area contributed by atoms with Crippen LogP contribution >= 0.6 is 0 Å². The minimum absolute atomic E-state index is 0.180. The molecular weight excluding hydrogens is 324 g/mol. The van der Waals surface area contributed by atoms with Gasteiger partial charge in [0.2, 0.25) is 0 Å². The Morgan fingerprint density at radius 1 is 0.926 bits per heavy atom. The van der Waals surface area contributed by atoms with Gasteiger partial charge in [-0.25, -0.2) is 0 Å². The molecule has 0 amide bonds. The molecule has 0 N–H and O–H groups in total. The summed E-state index contributed by atoms with van der Waals surface area (Å²) in [6, 6.07) is 8.60. The molecular formula is C27H40. The highest BCUT2D eigenvalue weighted by Gasteiger charge is 2.31. The molecule has 0 heteroatoms. The Morgan fingerprint density at radius 3 is 2.11 bits per heavy atom. The Hall–Kier alpha value is -1.82. The maximum atomic E-state index is 4.54. The Morgan fingerprint density at radius 2 is 1.59 bits per heavy atom. The Labute approximate surface area is 168 Å². The maximum Gasteiger partial charge on any atom is -0.00289 e. The first kappa shape index (κ1) is 23.2. The van der Waals surface area contributed by atoms with Gasteiger partial charge in [0.25, 0.3) is 0 Å². The molecule has 0 bridgehead atoms. The molecule has 0 aliphatic heterocycles. The molecule has 0 heterocycles.